The predicted molar refractivity (Wildman–Crippen MR) is 133 cm³/mol. The van der Waals surface area contributed by atoms with Gasteiger partial charge in [0, 0.05) is 12.6 Å². The highest BCUT2D eigenvalue weighted by Gasteiger charge is 2.49. The van der Waals surface area contributed by atoms with E-state index in [1.807, 2.05) is 32.6 Å². The van der Waals surface area contributed by atoms with Crippen molar-refractivity contribution in [2.75, 3.05) is 12.8 Å². The number of aromatic nitrogens is 3. The third-order valence-electron chi connectivity index (χ3n) is 6.28. The van der Waals surface area contributed by atoms with Crippen LogP contribution in [0, 0.1) is 5.82 Å². The van der Waals surface area contributed by atoms with Gasteiger partial charge in [0.15, 0.2) is 16.1 Å². The van der Waals surface area contributed by atoms with Crippen molar-refractivity contribution in [2.45, 2.75) is 88.4 Å². The van der Waals surface area contributed by atoms with Crippen LogP contribution in [0.3, 0.4) is 0 Å². The van der Waals surface area contributed by atoms with Crippen LogP contribution < -0.4 is 15.6 Å². The Morgan fingerprint density at radius 3 is 2.74 bits per heavy atom. The Kier molecular flexibility index (Phi) is 7.49. The van der Waals surface area contributed by atoms with Crippen molar-refractivity contribution in [1.29, 1.82) is 0 Å². The molecule has 2 aromatic heterocycles. The maximum absolute atomic E-state index is 14.8. The summed E-state index contributed by atoms with van der Waals surface area (Å²) in [6.07, 6.45) is 3.98. The molecule has 9 nitrogen and oxygen atoms in total. The number of hydrogen-bond donors (Lipinski definition) is 2. The predicted octanol–water partition coefficient (Wildman–Crippen LogP) is 4.12. The average Bonchev–Trinajstić information content (AvgIpc) is 3.08. The molecule has 0 unspecified atom stereocenters. The molecular weight excluding hydrogens is 497 g/mol. The first-order valence-electron chi connectivity index (χ1n) is 11.8. The Labute approximate surface area is 212 Å². The smallest absolute Gasteiger partial charge is 0.410 e. The van der Waals surface area contributed by atoms with Crippen molar-refractivity contribution in [3.05, 3.63) is 21.3 Å². The first-order valence-corrected chi connectivity index (χ1v) is 13.4. The average molecular weight is 528 g/mol. The molecular formula is C23H31ClFN5O4S. The summed E-state index contributed by atoms with van der Waals surface area (Å²) in [5.74, 6) is -0.940. The lowest BCUT2D eigenvalue weighted by molar-refractivity contribution is -0.00749. The number of fused-ring (bicyclic) bond motifs is 3. The lowest BCUT2D eigenvalue weighted by Crippen LogP contribution is -2.64. The number of piperazine rings is 1. The van der Waals surface area contributed by atoms with Crippen LogP contribution in [0.25, 0.3) is 10.9 Å². The Morgan fingerprint density at radius 1 is 1.34 bits per heavy atom. The third-order valence-corrected chi connectivity index (χ3v) is 7.12. The van der Waals surface area contributed by atoms with Crippen molar-refractivity contribution in [3.8, 4) is 5.88 Å². The van der Waals surface area contributed by atoms with Crippen LogP contribution in [0.5, 0.6) is 5.88 Å². The van der Waals surface area contributed by atoms with Gasteiger partial charge in [-0.05, 0) is 46.3 Å². The molecule has 35 heavy (non-hydrogen) atoms. The molecule has 0 aromatic carbocycles. The number of carbonyl (C=O) groups is 1. The second-order valence-electron chi connectivity index (χ2n) is 9.89. The van der Waals surface area contributed by atoms with Crippen molar-refractivity contribution >= 4 is 40.4 Å². The number of H-pyrrole nitrogens is 1. The quantitative estimate of drug-likeness (QED) is 0.328. The van der Waals surface area contributed by atoms with Crippen LogP contribution in [0.4, 0.5) is 9.18 Å². The van der Waals surface area contributed by atoms with Gasteiger partial charge in [-0.15, -0.1) is 0 Å². The van der Waals surface area contributed by atoms with Gasteiger partial charge < -0.3 is 19.8 Å². The second-order valence-corrected chi connectivity index (χ2v) is 11.0. The summed E-state index contributed by atoms with van der Waals surface area (Å²) in [6, 6.07) is -0.342. The monoisotopic (exact) mass is 527 g/mol. The van der Waals surface area contributed by atoms with Gasteiger partial charge in [0.25, 0.3) is 5.56 Å². The van der Waals surface area contributed by atoms with Crippen LogP contribution in [0.2, 0.25) is 5.15 Å². The largest absolute Gasteiger partial charge is 0.472 e. The van der Waals surface area contributed by atoms with E-state index in [-0.39, 0.29) is 46.2 Å². The van der Waals surface area contributed by atoms with Gasteiger partial charge in [-0.3, -0.25) is 9.69 Å². The number of rotatable bonds is 6. The van der Waals surface area contributed by atoms with Crippen LogP contribution >= 0.6 is 23.4 Å². The number of amides is 1. The third kappa shape index (κ3) is 5.22. The highest BCUT2D eigenvalue weighted by atomic mass is 35.5. The van der Waals surface area contributed by atoms with E-state index in [9.17, 15) is 14.0 Å². The summed E-state index contributed by atoms with van der Waals surface area (Å²) in [7, 11) is 0. The first-order chi connectivity index (χ1) is 16.5. The Balaban J connectivity index is 1.69. The fraction of sp³-hybridized carbons (Fsp3) is 0.652. The van der Waals surface area contributed by atoms with Gasteiger partial charge in [-0.1, -0.05) is 36.7 Å². The molecule has 2 fully saturated rings. The number of halogens is 2. The van der Waals surface area contributed by atoms with E-state index in [4.69, 9.17) is 21.1 Å². The maximum Gasteiger partial charge on any atom is 0.410 e. The van der Waals surface area contributed by atoms with E-state index in [1.165, 1.54) is 11.8 Å². The van der Waals surface area contributed by atoms with Crippen LogP contribution in [-0.2, 0) is 4.74 Å². The molecule has 12 heteroatoms. The summed E-state index contributed by atoms with van der Waals surface area (Å²) < 4.78 is 26.8. The number of carbonyl (C=O) groups excluding carboxylic acids is 1. The van der Waals surface area contributed by atoms with Crippen LogP contribution in [-0.4, -0.2) is 68.6 Å². The molecule has 1 amide bonds. The molecule has 2 aliphatic heterocycles. The fourth-order valence-electron chi connectivity index (χ4n) is 4.87. The number of thioether (sulfide) groups is 1. The molecule has 2 aliphatic rings. The number of nitrogens with one attached hydrogen (secondary N) is 2. The SMILES string of the molecule is CCC[C@H](Oc1nc(Cl)c(F)c2nc(SC)[nH]c(=O)c12)[C@H]1NC[C@@H]2CC[C@@H]1N2C(=O)OC(C)(C)C. The molecule has 4 rings (SSSR count). The molecule has 2 bridgehead atoms. The summed E-state index contributed by atoms with van der Waals surface area (Å²) in [5.41, 5.74) is -1.34. The minimum atomic E-state index is -0.868. The van der Waals surface area contributed by atoms with Crippen LogP contribution in [0.1, 0.15) is 53.4 Å². The molecule has 0 spiro atoms. The standard InChI is InChI=1S/C23H31ClFN5O4S/c1-6-7-13(16-12-9-8-11(10-26-16)30(12)22(32)34-23(2,3)4)33-20-14-17(15(25)18(24)28-20)27-21(35-5)29-19(14)31/h11-13,16,26H,6-10H2,1-5H3,(H,27,29,31)/t11-,12-,13-,16-/m0/s1. The van der Waals surface area contributed by atoms with Crippen molar-refractivity contribution < 1.29 is 18.7 Å². The zero-order chi connectivity index (χ0) is 25.5. The molecule has 0 saturated carbocycles. The van der Waals surface area contributed by atoms with Gasteiger partial charge in [-0.2, -0.15) is 4.98 Å². The number of aromatic amines is 1. The summed E-state index contributed by atoms with van der Waals surface area (Å²) in [4.78, 5) is 38.6. The van der Waals surface area contributed by atoms with Crippen LogP contribution in [0.15, 0.2) is 9.95 Å². The van der Waals surface area contributed by atoms with E-state index in [2.05, 4.69) is 20.3 Å². The van der Waals surface area contributed by atoms with Gasteiger partial charge in [-0.25, -0.2) is 14.2 Å². The van der Waals surface area contributed by atoms with Gasteiger partial charge in [0.05, 0.1) is 12.1 Å². The van der Waals surface area contributed by atoms with E-state index in [0.29, 0.717) is 13.0 Å². The highest BCUT2D eigenvalue weighted by molar-refractivity contribution is 7.98. The highest BCUT2D eigenvalue weighted by Crippen LogP contribution is 2.35. The Bertz CT molecular complexity index is 1170. The number of ether oxygens (including phenoxy) is 2. The molecule has 0 aliphatic carbocycles. The number of nitrogens with zero attached hydrogens (tertiary/aromatic N) is 3. The molecule has 4 atom stereocenters. The molecule has 2 N–H and O–H groups in total. The zero-order valence-electron chi connectivity index (χ0n) is 20.5. The van der Waals surface area contributed by atoms with Gasteiger partial charge in [0.1, 0.15) is 22.6 Å². The molecule has 4 heterocycles. The van der Waals surface area contributed by atoms with Crippen molar-refractivity contribution in [3.63, 3.8) is 0 Å². The molecule has 2 aromatic rings. The summed E-state index contributed by atoms with van der Waals surface area (Å²) in [5, 5.41) is 3.29. The second kappa shape index (κ2) is 10.1. The Morgan fingerprint density at radius 2 is 2.09 bits per heavy atom. The van der Waals surface area contributed by atoms with E-state index >= 15 is 0 Å². The van der Waals surface area contributed by atoms with E-state index in [0.717, 1.165) is 19.3 Å². The summed E-state index contributed by atoms with van der Waals surface area (Å²) >= 11 is 7.25. The van der Waals surface area contributed by atoms with E-state index in [1.54, 1.807) is 6.26 Å². The minimum absolute atomic E-state index is 0.0459. The fourth-order valence-corrected chi connectivity index (χ4v) is 5.42. The van der Waals surface area contributed by atoms with Crippen molar-refractivity contribution in [1.82, 2.24) is 25.2 Å². The molecule has 192 valence electrons. The van der Waals surface area contributed by atoms with E-state index < -0.39 is 28.2 Å². The van der Waals surface area contributed by atoms with Gasteiger partial charge >= 0.3 is 6.09 Å². The zero-order valence-corrected chi connectivity index (χ0v) is 22.1. The topological polar surface area (TPSA) is 109 Å². The summed E-state index contributed by atoms with van der Waals surface area (Å²) in [6.45, 7) is 8.15. The van der Waals surface area contributed by atoms with Crippen molar-refractivity contribution in [2.24, 2.45) is 0 Å². The first kappa shape index (κ1) is 26.0. The minimum Gasteiger partial charge on any atom is -0.472 e. The van der Waals surface area contributed by atoms with Gasteiger partial charge in [0.2, 0.25) is 5.88 Å². The lowest BCUT2D eigenvalue weighted by Gasteiger charge is -2.43. The molecule has 0 radical (unpaired) electrons. The Hall–Kier alpha value is -2.11. The normalized spacial score (nSPS) is 22.9. The number of hydrogen-bond acceptors (Lipinski definition) is 8. The molecule has 2 saturated heterocycles. The maximum atomic E-state index is 14.8. The lowest BCUT2D eigenvalue weighted by atomic mass is 9.96. The number of pyridine rings is 1.